The van der Waals surface area contributed by atoms with Crippen molar-refractivity contribution in [3.05, 3.63) is 41.1 Å². The van der Waals surface area contributed by atoms with Gasteiger partial charge in [-0.25, -0.2) is 22.6 Å². The third-order valence-electron chi connectivity index (χ3n) is 5.46. The van der Waals surface area contributed by atoms with Crippen molar-refractivity contribution in [1.82, 2.24) is 30.0 Å². The average molecular weight is 501 g/mol. The van der Waals surface area contributed by atoms with Crippen molar-refractivity contribution in [2.45, 2.75) is 25.8 Å². The van der Waals surface area contributed by atoms with Crippen LogP contribution in [0.4, 0.5) is 9.18 Å². The van der Waals surface area contributed by atoms with E-state index < -0.39 is 27.3 Å². The van der Waals surface area contributed by atoms with E-state index in [0.717, 1.165) is 0 Å². The van der Waals surface area contributed by atoms with Crippen LogP contribution in [0.2, 0.25) is 5.02 Å². The van der Waals surface area contributed by atoms with Gasteiger partial charge in [-0.1, -0.05) is 11.6 Å². The van der Waals surface area contributed by atoms with Gasteiger partial charge in [0.15, 0.2) is 5.82 Å². The Morgan fingerprint density at radius 2 is 2.03 bits per heavy atom. The molecule has 0 aliphatic heterocycles. The number of urea groups is 1. The molecule has 2 aromatic rings. The highest BCUT2D eigenvalue weighted by Crippen LogP contribution is 2.32. The zero-order chi connectivity index (χ0) is 24.3. The topological polar surface area (TPSA) is 125 Å². The fourth-order valence-electron chi connectivity index (χ4n) is 3.60. The largest absolute Gasteiger partial charge is 0.340 e. The molecule has 0 unspecified atom stereocenters. The van der Waals surface area contributed by atoms with Crippen molar-refractivity contribution in [1.29, 1.82) is 0 Å². The minimum Gasteiger partial charge on any atom is -0.340 e. The zero-order valence-electron chi connectivity index (χ0n) is 18.4. The Balaban J connectivity index is 1.58. The number of aromatic nitrogens is 2. The lowest BCUT2D eigenvalue weighted by atomic mass is 9.81. The molecule has 0 radical (unpaired) electrons. The van der Waals surface area contributed by atoms with Crippen molar-refractivity contribution in [2.24, 2.45) is 13.0 Å². The number of amides is 3. The van der Waals surface area contributed by atoms with E-state index in [1.165, 1.54) is 12.1 Å². The summed E-state index contributed by atoms with van der Waals surface area (Å²) in [4.78, 5) is 32.0. The van der Waals surface area contributed by atoms with Crippen LogP contribution in [0.1, 0.15) is 30.1 Å². The first-order valence-corrected chi connectivity index (χ1v) is 12.3. The lowest BCUT2D eigenvalue weighted by molar-refractivity contribution is 0.0940. The Morgan fingerprint density at radius 3 is 2.64 bits per heavy atom. The number of nitrogens with zero attached hydrogens (tertiary/aromatic N) is 3. The highest BCUT2D eigenvalue weighted by molar-refractivity contribution is 7.89. The molecule has 0 atom stereocenters. The molecule has 1 aromatic carbocycles. The van der Waals surface area contributed by atoms with Gasteiger partial charge < -0.3 is 14.8 Å². The maximum atomic E-state index is 14.5. The molecule has 180 valence electrons. The highest BCUT2D eigenvalue weighted by Gasteiger charge is 2.36. The van der Waals surface area contributed by atoms with Crippen molar-refractivity contribution in [3.63, 3.8) is 0 Å². The summed E-state index contributed by atoms with van der Waals surface area (Å²) in [6, 6.07) is 2.34. The van der Waals surface area contributed by atoms with Gasteiger partial charge in [-0.15, -0.1) is 4.83 Å². The number of halogens is 2. The third-order valence-corrected chi connectivity index (χ3v) is 7.05. The second-order valence-electron chi connectivity index (χ2n) is 8.02. The quantitative estimate of drug-likeness (QED) is 0.477. The zero-order valence-corrected chi connectivity index (χ0v) is 20.0. The van der Waals surface area contributed by atoms with Crippen LogP contribution in [-0.2, 0) is 17.1 Å². The van der Waals surface area contributed by atoms with E-state index in [0.29, 0.717) is 30.6 Å². The van der Waals surface area contributed by atoms with E-state index in [-0.39, 0.29) is 28.8 Å². The number of hydrogen-bond donors (Lipinski definition) is 3. The molecule has 1 aliphatic rings. The summed E-state index contributed by atoms with van der Waals surface area (Å²) in [5, 5.41) is 2.40. The van der Waals surface area contributed by atoms with E-state index in [1.54, 1.807) is 36.1 Å². The number of rotatable bonds is 8. The van der Waals surface area contributed by atoms with Gasteiger partial charge in [0.25, 0.3) is 5.91 Å². The van der Waals surface area contributed by atoms with E-state index >= 15 is 0 Å². The number of sulfonamides is 1. The van der Waals surface area contributed by atoms with Crippen LogP contribution >= 0.6 is 11.6 Å². The number of hydrogen-bond acceptors (Lipinski definition) is 5. The Labute approximate surface area is 196 Å². The SMILES string of the molecule is CCNC(=O)N(C)C1CC(CS(=O)(=O)NNC(=O)c2cc(-c3cn(C)cn3)cc(Cl)c2F)C1. The maximum Gasteiger partial charge on any atom is 0.317 e. The van der Waals surface area contributed by atoms with Crippen LogP contribution in [0.15, 0.2) is 24.7 Å². The smallest absolute Gasteiger partial charge is 0.317 e. The monoisotopic (exact) mass is 500 g/mol. The molecule has 0 bridgehead atoms. The number of benzene rings is 1. The first-order chi connectivity index (χ1) is 15.5. The van der Waals surface area contributed by atoms with Crippen LogP contribution < -0.4 is 15.6 Å². The normalized spacial score (nSPS) is 17.8. The molecule has 13 heteroatoms. The van der Waals surface area contributed by atoms with Gasteiger partial charge in [-0.05, 0) is 37.8 Å². The number of carbonyl (C=O) groups is 2. The van der Waals surface area contributed by atoms with Gasteiger partial charge in [-0.3, -0.25) is 10.2 Å². The predicted octanol–water partition coefficient (Wildman–Crippen LogP) is 1.88. The maximum absolute atomic E-state index is 14.5. The molecule has 1 heterocycles. The summed E-state index contributed by atoms with van der Waals surface area (Å²) in [6.07, 6.45) is 4.26. The molecule has 1 saturated carbocycles. The first-order valence-electron chi connectivity index (χ1n) is 10.3. The second kappa shape index (κ2) is 10.1. The highest BCUT2D eigenvalue weighted by atomic mass is 35.5. The summed E-state index contributed by atoms with van der Waals surface area (Å²) < 4.78 is 40.9. The predicted molar refractivity (Wildman–Crippen MR) is 121 cm³/mol. The van der Waals surface area contributed by atoms with Gasteiger partial charge >= 0.3 is 6.03 Å². The molecule has 10 nitrogen and oxygen atoms in total. The van der Waals surface area contributed by atoms with Crippen molar-refractivity contribution in [2.75, 3.05) is 19.3 Å². The van der Waals surface area contributed by atoms with Crippen molar-refractivity contribution < 1.29 is 22.4 Å². The minimum atomic E-state index is -3.88. The molecular weight excluding hydrogens is 475 g/mol. The Morgan fingerprint density at radius 1 is 1.33 bits per heavy atom. The third kappa shape index (κ3) is 6.01. The molecule has 3 amide bonds. The van der Waals surface area contributed by atoms with Crippen LogP contribution in [-0.4, -0.2) is 60.2 Å². The summed E-state index contributed by atoms with van der Waals surface area (Å²) in [6.45, 7) is 2.32. The number of carbonyl (C=O) groups excluding carboxylic acids is 2. The number of nitrogens with one attached hydrogen (secondary N) is 3. The molecule has 3 N–H and O–H groups in total. The molecule has 0 saturated heterocycles. The molecular formula is C20H26ClFN6O4S. The lowest BCUT2D eigenvalue weighted by Gasteiger charge is -2.40. The van der Waals surface area contributed by atoms with Gasteiger partial charge in [-0.2, -0.15) is 0 Å². The second-order valence-corrected chi connectivity index (χ2v) is 10.2. The Hall–Kier alpha value is -2.70. The van der Waals surface area contributed by atoms with Gasteiger partial charge in [0.2, 0.25) is 10.0 Å². The van der Waals surface area contributed by atoms with Crippen molar-refractivity contribution in [3.8, 4) is 11.3 Å². The van der Waals surface area contributed by atoms with E-state index in [4.69, 9.17) is 11.6 Å². The van der Waals surface area contributed by atoms with E-state index in [2.05, 4.69) is 10.3 Å². The first kappa shape index (κ1) is 24.9. The summed E-state index contributed by atoms with van der Waals surface area (Å²) in [7, 11) is -0.458. The van der Waals surface area contributed by atoms with Gasteiger partial charge in [0.1, 0.15) is 0 Å². The van der Waals surface area contributed by atoms with Crippen LogP contribution in [0.5, 0.6) is 0 Å². The van der Waals surface area contributed by atoms with Gasteiger partial charge in [0, 0.05) is 38.4 Å². The standard InChI is InChI=1S/C20H26ClFN6O4S/c1-4-23-20(30)28(3)14-5-12(6-14)10-33(31,32)26-25-19(29)15-7-13(8-16(21)18(15)22)17-9-27(2)11-24-17/h7-9,11-12,14,26H,4-6,10H2,1-3H3,(H,23,30)(H,25,29). The number of aryl methyl sites for hydroxylation is 1. The molecule has 33 heavy (non-hydrogen) atoms. The molecule has 1 aliphatic carbocycles. The van der Waals surface area contributed by atoms with Crippen LogP contribution in [0.25, 0.3) is 11.3 Å². The van der Waals surface area contributed by atoms with Gasteiger partial charge in [0.05, 0.1) is 28.4 Å². The number of hydrazine groups is 1. The lowest BCUT2D eigenvalue weighted by Crippen LogP contribution is -2.52. The minimum absolute atomic E-state index is 0.0445. The fraction of sp³-hybridized carbons (Fsp3) is 0.450. The summed E-state index contributed by atoms with van der Waals surface area (Å²) >= 11 is 5.93. The van der Waals surface area contributed by atoms with Crippen LogP contribution in [0, 0.1) is 11.7 Å². The Bertz CT molecular complexity index is 1150. The average Bonchev–Trinajstić information content (AvgIpc) is 3.16. The van der Waals surface area contributed by atoms with Crippen LogP contribution in [0.3, 0.4) is 0 Å². The molecule has 0 spiro atoms. The fourth-order valence-corrected chi connectivity index (χ4v) is 5.05. The van der Waals surface area contributed by atoms with E-state index in [9.17, 15) is 22.4 Å². The van der Waals surface area contributed by atoms with Crippen molar-refractivity contribution >= 4 is 33.6 Å². The number of imidazole rings is 1. The molecule has 3 rings (SSSR count). The summed E-state index contributed by atoms with van der Waals surface area (Å²) in [5.74, 6) is -2.36. The Kier molecular flexibility index (Phi) is 7.60. The molecule has 1 aromatic heterocycles. The molecule has 1 fully saturated rings. The van der Waals surface area contributed by atoms with E-state index in [1.807, 2.05) is 17.2 Å². The summed E-state index contributed by atoms with van der Waals surface area (Å²) in [5.41, 5.74) is 2.51.